The molecule has 0 saturated carbocycles. The molecule has 5 nitrogen and oxygen atoms in total. The molecule has 0 aliphatic heterocycles. The van der Waals surface area contributed by atoms with Gasteiger partial charge in [-0.1, -0.05) is 0 Å². The van der Waals surface area contributed by atoms with Crippen LogP contribution in [-0.4, -0.2) is 13.4 Å². The molecule has 0 amide bonds. The smallest absolute Gasteiger partial charge is 0.244 e. The fourth-order valence-electron chi connectivity index (χ4n) is 1.64. The number of nitrogens with zero attached hydrogens (tertiary/aromatic N) is 1. The van der Waals surface area contributed by atoms with Crippen molar-refractivity contribution >= 4 is 27.0 Å². The van der Waals surface area contributed by atoms with Crippen LogP contribution in [0, 0.1) is 12.7 Å². The van der Waals surface area contributed by atoms with E-state index in [-0.39, 0.29) is 5.69 Å². The summed E-state index contributed by atoms with van der Waals surface area (Å²) in [5, 5.41) is 2.44. The third-order valence-electron chi connectivity index (χ3n) is 2.58. The number of halogens is 1. The SMILES string of the molecule is Cc1csc(C(C)NS(=O)(=O)c2cc(N)ccc2F)n1. The van der Waals surface area contributed by atoms with Gasteiger partial charge in [0.25, 0.3) is 0 Å². The molecule has 1 unspecified atom stereocenters. The van der Waals surface area contributed by atoms with Crippen molar-refractivity contribution in [3.63, 3.8) is 0 Å². The molecule has 0 bridgehead atoms. The molecule has 0 aliphatic carbocycles. The first-order valence-electron chi connectivity index (χ1n) is 5.79. The van der Waals surface area contributed by atoms with E-state index in [0.717, 1.165) is 17.8 Å². The molecular weight excluding hydrogens is 301 g/mol. The van der Waals surface area contributed by atoms with Crippen molar-refractivity contribution in [3.05, 3.63) is 40.1 Å². The summed E-state index contributed by atoms with van der Waals surface area (Å²) in [5.74, 6) is -0.839. The monoisotopic (exact) mass is 315 g/mol. The number of nitrogens with one attached hydrogen (secondary N) is 1. The lowest BCUT2D eigenvalue weighted by atomic mass is 10.3. The van der Waals surface area contributed by atoms with Crippen molar-refractivity contribution < 1.29 is 12.8 Å². The zero-order valence-corrected chi connectivity index (χ0v) is 12.6. The highest BCUT2D eigenvalue weighted by molar-refractivity contribution is 7.89. The maximum absolute atomic E-state index is 13.6. The first-order chi connectivity index (χ1) is 9.29. The summed E-state index contributed by atoms with van der Waals surface area (Å²) >= 11 is 1.34. The second-order valence-electron chi connectivity index (χ2n) is 4.36. The minimum atomic E-state index is -3.99. The molecule has 0 radical (unpaired) electrons. The van der Waals surface area contributed by atoms with E-state index in [2.05, 4.69) is 9.71 Å². The molecule has 8 heteroatoms. The van der Waals surface area contributed by atoms with Gasteiger partial charge in [0.2, 0.25) is 10.0 Å². The Morgan fingerprint density at radius 1 is 1.45 bits per heavy atom. The number of rotatable bonds is 4. The summed E-state index contributed by atoms with van der Waals surface area (Å²) in [4.78, 5) is 3.74. The van der Waals surface area contributed by atoms with E-state index in [1.165, 1.54) is 17.4 Å². The minimum absolute atomic E-state index is 0.185. The molecule has 108 valence electrons. The Bertz CT molecular complexity index is 728. The summed E-state index contributed by atoms with van der Waals surface area (Å²) in [6.45, 7) is 3.47. The highest BCUT2D eigenvalue weighted by atomic mass is 32.2. The fourth-order valence-corrected chi connectivity index (χ4v) is 3.84. The van der Waals surface area contributed by atoms with Gasteiger partial charge in [-0.05, 0) is 32.0 Å². The van der Waals surface area contributed by atoms with E-state index in [9.17, 15) is 12.8 Å². The standard InChI is InChI=1S/C12H14FN3O2S2/c1-7-6-19-12(15-7)8(2)16-20(17,18)11-5-9(14)3-4-10(11)13/h3-6,8,16H,14H2,1-2H3. The van der Waals surface area contributed by atoms with E-state index < -0.39 is 26.8 Å². The largest absolute Gasteiger partial charge is 0.399 e. The average molecular weight is 315 g/mol. The molecule has 1 aromatic carbocycles. The molecule has 0 fully saturated rings. The third-order valence-corrected chi connectivity index (χ3v) is 5.28. The van der Waals surface area contributed by atoms with Gasteiger partial charge in [0.05, 0.1) is 6.04 Å². The molecule has 0 aliphatic rings. The van der Waals surface area contributed by atoms with Crippen molar-refractivity contribution in [1.29, 1.82) is 0 Å². The quantitative estimate of drug-likeness (QED) is 0.847. The maximum Gasteiger partial charge on any atom is 0.244 e. The third kappa shape index (κ3) is 3.14. The van der Waals surface area contributed by atoms with Gasteiger partial charge in [0.15, 0.2) is 0 Å². The molecule has 2 rings (SSSR count). The number of aryl methyl sites for hydroxylation is 1. The Hall–Kier alpha value is -1.51. The Morgan fingerprint density at radius 2 is 2.15 bits per heavy atom. The molecule has 1 aromatic heterocycles. The second-order valence-corrected chi connectivity index (χ2v) is 6.93. The van der Waals surface area contributed by atoms with Crippen molar-refractivity contribution in [1.82, 2.24) is 9.71 Å². The van der Waals surface area contributed by atoms with Crippen LogP contribution in [0.15, 0.2) is 28.5 Å². The number of sulfonamides is 1. The Labute approximate surface area is 120 Å². The van der Waals surface area contributed by atoms with E-state index in [4.69, 9.17) is 5.73 Å². The van der Waals surface area contributed by atoms with Gasteiger partial charge in [-0.3, -0.25) is 0 Å². The molecule has 0 spiro atoms. The number of anilines is 1. The van der Waals surface area contributed by atoms with Gasteiger partial charge in [-0.15, -0.1) is 11.3 Å². The highest BCUT2D eigenvalue weighted by Crippen LogP contribution is 2.22. The van der Waals surface area contributed by atoms with Gasteiger partial charge >= 0.3 is 0 Å². The van der Waals surface area contributed by atoms with Crippen LogP contribution in [0.4, 0.5) is 10.1 Å². The predicted octanol–water partition coefficient (Wildman–Crippen LogP) is 2.21. The predicted molar refractivity (Wildman–Crippen MR) is 76.4 cm³/mol. The van der Waals surface area contributed by atoms with Gasteiger partial charge < -0.3 is 5.73 Å². The van der Waals surface area contributed by atoms with E-state index in [1.807, 2.05) is 12.3 Å². The van der Waals surface area contributed by atoms with Crippen molar-refractivity contribution in [2.24, 2.45) is 0 Å². The van der Waals surface area contributed by atoms with Gasteiger partial charge in [0, 0.05) is 16.8 Å². The van der Waals surface area contributed by atoms with Crippen molar-refractivity contribution in [2.45, 2.75) is 24.8 Å². The maximum atomic E-state index is 13.6. The molecule has 1 atom stereocenters. The second kappa shape index (κ2) is 5.47. The van der Waals surface area contributed by atoms with E-state index in [1.54, 1.807) is 6.92 Å². The molecular formula is C12H14FN3O2S2. The van der Waals surface area contributed by atoms with Crippen LogP contribution in [0.3, 0.4) is 0 Å². The zero-order chi connectivity index (χ0) is 14.9. The number of benzene rings is 1. The number of aromatic nitrogens is 1. The molecule has 0 saturated heterocycles. The van der Waals surface area contributed by atoms with Crippen LogP contribution >= 0.6 is 11.3 Å². The van der Waals surface area contributed by atoms with Gasteiger partial charge in [-0.2, -0.15) is 0 Å². The van der Waals surface area contributed by atoms with Crippen LogP contribution in [0.1, 0.15) is 23.7 Å². The first kappa shape index (κ1) is 14.9. The van der Waals surface area contributed by atoms with Gasteiger partial charge in [-0.25, -0.2) is 22.5 Å². The van der Waals surface area contributed by atoms with Crippen molar-refractivity contribution in [3.8, 4) is 0 Å². The first-order valence-corrected chi connectivity index (χ1v) is 8.15. The number of hydrogen-bond donors (Lipinski definition) is 2. The van der Waals surface area contributed by atoms with E-state index >= 15 is 0 Å². The number of thiazole rings is 1. The van der Waals surface area contributed by atoms with Crippen LogP contribution in [0.2, 0.25) is 0 Å². The summed E-state index contributed by atoms with van der Waals surface area (Å²) in [5.41, 5.74) is 6.50. The lowest BCUT2D eigenvalue weighted by molar-refractivity contribution is 0.546. The highest BCUT2D eigenvalue weighted by Gasteiger charge is 2.23. The lowest BCUT2D eigenvalue weighted by Crippen LogP contribution is -2.27. The van der Waals surface area contributed by atoms with Crippen molar-refractivity contribution in [2.75, 3.05) is 5.73 Å². The number of nitrogen functional groups attached to an aromatic ring is 1. The summed E-state index contributed by atoms with van der Waals surface area (Å²) in [6, 6.07) is 2.89. The van der Waals surface area contributed by atoms with Crippen LogP contribution in [-0.2, 0) is 10.0 Å². The normalized spacial score (nSPS) is 13.3. The molecule has 3 N–H and O–H groups in total. The Kier molecular flexibility index (Phi) is 4.07. The lowest BCUT2D eigenvalue weighted by Gasteiger charge is -2.12. The van der Waals surface area contributed by atoms with Gasteiger partial charge in [0.1, 0.15) is 15.7 Å². The molecule has 2 aromatic rings. The fraction of sp³-hybridized carbons (Fsp3) is 0.250. The molecule has 20 heavy (non-hydrogen) atoms. The Balaban J connectivity index is 2.29. The zero-order valence-electron chi connectivity index (χ0n) is 10.9. The van der Waals surface area contributed by atoms with Crippen LogP contribution < -0.4 is 10.5 Å². The number of hydrogen-bond acceptors (Lipinski definition) is 5. The Morgan fingerprint density at radius 3 is 2.75 bits per heavy atom. The minimum Gasteiger partial charge on any atom is -0.399 e. The molecule has 1 heterocycles. The summed E-state index contributed by atoms with van der Waals surface area (Å²) < 4.78 is 40.4. The topological polar surface area (TPSA) is 85.1 Å². The average Bonchev–Trinajstić information content (AvgIpc) is 2.78. The van der Waals surface area contributed by atoms with E-state index in [0.29, 0.717) is 5.01 Å². The summed E-state index contributed by atoms with van der Waals surface area (Å²) in [7, 11) is -3.99. The number of nitrogens with two attached hydrogens (primary N) is 1. The summed E-state index contributed by atoms with van der Waals surface area (Å²) in [6.07, 6.45) is 0. The van der Waals surface area contributed by atoms with Crippen LogP contribution in [0.5, 0.6) is 0 Å². The van der Waals surface area contributed by atoms with Crippen LogP contribution in [0.25, 0.3) is 0 Å².